The summed E-state index contributed by atoms with van der Waals surface area (Å²) in [6.45, 7) is 7.78. The van der Waals surface area contributed by atoms with Crippen molar-refractivity contribution >= 4 is 16.8 Å². The van der Waals surface area contributed by atoms with Crippen LogP contribution in [0.5, 0.6) is 0 Å². The first-order valence-electron chi connectivity index (χ1n) is 7.60. The molecule has 3 rings (SSSR count). The minimum Gasteiger partial charge on any atom is -0.441 e. The van der Waals surface area contributed by atoms with Gasteiger partial charge in [-0.3, -0.25) is 0 Å². The van der Waals surface area contributed by atoms with Gasteiger partial charge in [-0.1, -0.05) is 6.92 Å². The van der Waals surface area contributed by atoms with Crippen molar-refractivity contribution in [1.82, 2.24) is 9.88 Å². The van der Waals surface area contributed by atoms with Crippen molar-refractivity contribution in [3.8, 4) is 0 Å². The summed E-state index contributed by atoms with van der Waals surface area (Å²) in [4.78, 5) is 6.95. The third-order valence-corrected chi connectivity index (χ3v) is 3.99. The molecule has 1 N–H and O–H groups in total. The van der Waals surface area contributed by atoms with Crippen molar-refractivity contribution in [3.63, 3.8) is 0 Å². The Morgan fingerprint density at radius 3 is 2.90 bits per heavy atom. The Bertz CT molecular complexity index is 570. The van der Waals surface area contributed by atoms with Gasteiger partial charge in [0, 0.05) is 31.7 Å². The second kappa shape index (κ2) is 5.83. The first-order valence-corrected chi connectivity index (χ1v) is 7.60. The van der Waals surface area contributed by atoms with Gasteiger partial charge in [0.25, 0.3) is 0 Å². The molecule has 1 aromatic carbocycles. The van der Waals surface area contributed by atoms with Crippen molar-refractivity contribution in [2.24, 2.45) is 0 Å². The van der Waals surface area contributed by atoms with Crippen LogP contribution in [0.1, 0.15) is 32.1 Å². The van der Waals surface area contributed by atoms with Crippen LogP contribution in [0, 0.1) is 6.92 Å². The SMILES string of the molecule is CCCN1CCC(Nc2ccc3oc(C)nc3c2)CC1. The van der Waals surface area contributed by atoms with Crippen molar-refractivity contribution in [1.29, 1.82) is 0 Å². The van der Waals surface area contributed by atoms with Crippen LogP contribution in [-0.2, 0) is 0 Å². The van der Waals surface area contributed by atoms with E-state index in [9.17, 15) is 0 Å². The van der Waals surface area contributed by atoms with E-state index >= 15 is 0 Å². The van der Waals surface area contributed by atoms with Gasteiger partial charge in [0.2, 0.25) is 0 Å². The molecule has 0 unspecified atom stereocenters. The number of piperidine rings is 1. The number of hydrogen-bond donors (Lipinski definition) is 1. The molecule has 1 fully saturated rings. The summed E-state index contributed by atoms with van der Waals surface area (Å²) in [7, 11) is 0. The Labute approximate surface area is 120 Å². The largest absolute Gasteiger partial charge is 0.441 e. The predicted molar refractivity (Wildman–Crippen MR) is 82.1 cm³/mol. The summed E-state index contributed by atoms with van der Waals surface area (Å²) in [6, 6.07) is 6.76. The van der Waals surface area contributed by atoms with E-state index in [0.29, 0.717) is 6.04 Å². The minimum absolute atomic E-state index is 0.577. The highest BCUT2D eigenvalue weighted by atomic mass is 16.3. The predicted octanol–water partition coefficient (Wildman–Crippen LogP) is 3.42. The molecule has 2 heterocycles. The maximum atomic E-state index is 5.51. The van der Waals surface area contributed by atoms with Gasteiger partial charge in [-0.2, -0.15) is 0 Å². The zero-order chi connectivity index (χ0) is 13.9. The van der Waals surface area contributed by atoms with Crippen LogP contribution in [-0.4, -0.2) is 35.6 Å². The van der Waals surface area contributed by atoms with Gasteiger partial charge in [0.1, 0.15) is 5.52 Å². The number of fused-ring (bicyclic) bond motifs is 1. The van der Waals surface area contributed by atoms with Crippen LogP contribution < -0.4 is 5.32 Å². The molecule has 2 aromatic rings. The van der Waals surface area contributed by atoms with Gasteiger partial charge in [-0.05, 0) is 44.0 Å². The molecule has 1 aromatic heterocycles. The molecule has 0 atom stereocenters. The maximum absolute atomic E-state index is 5.51. The average Bonchev–Trinajstić information content (AvgIpc) is 2.81. The normalized spacial score (nSPS) is 17.7. The molecule has 0 aliphatic carbocycles. The second-order valence-corrected chi connectivity index (χ2v) is 5.68. The molecular weight excluding hydrogens is 250 g/mol. The molecule has 0 saturated carbocycles. The topological polar surface area (TPSA) is 41.3 Å². The lowest BCUT2D eigenvalue weighted by Crippen LogP contribution is -2.39. The number of nitrogens with zero attached hydrogens (tertiary/aromatic N) is 2. The third kappa shape index (κ3) is 2.96. The van der Waals surface area contributed by atoms with Gasteiger partial charge in [0.05, 0.1) is 0 Å². The lowest BCUT2D eigenvalue weighted by Gasteiger charge is -2.32. The number of aryl methyl sites for hydroxylation is 1. The van der Waals surface area contributed by atoms with Crippen LogP contribution in [0.2, 0.25) is 0 Å². The molecule has 0 bridgehead atoms. The standard InChI is InChI=1S/C16H23N3O/c1-3-8-19-9-6-13(7-10-19)18-14-4-5-16-15(11-14)17-12(2)20-16/h4-5,11,13,18H,3,6-10H2,1-2H3. The Kier molecular flexibility index (Phi) is 3.92. The first-order chi connectivity index (χ1) is 9.74. The van der Waals surface area contributed by atoms with Crippen LogP contribution in [0.3, 0.4) is 0 Å². The van der Waals surface area contributed by atoms with Crippen LogP contribution in [0.15, 0.2) is 22.6 Å². The molecule has 1 saturated heterocycles. The van der Waals surface area contributed by atoms with E-state index < -0.39 is 0 Å². The average molecular weight is 273 g/mol. The number of benzene rings is 1. The Hall–Kier alpha value is -1.55. The van der Waals surface area contributed by atoms with Gasteiger partial charge in [-0.15, -0.1) is 0 Å². The summed E-state index contributed by atoms with van der Waals surface area (Å²) in [5, 5.41) is 3.64. The van der Waals surface area contributed by atoms with Crippen molar-refractivity contribution in [3.05, 3.63) is 24.1 Å². The number of oxazole rings is 1. The number of nitrogens with one attached hydrogen (secondary N) is 1. The number of rotatable bonds is 4. The monoisotopic (exact) mass is 273 g/mol. The van der Waals surface area contributed by atoms with Gasteiger partial charge < -0.3 is 14.6 Å². The fourth-order valence-electron chi connectivity index (χ4n) is 2.99. The minimum atomic E-state index is 0.577. The number of aromatic nitrogens is 1. The molecule has 4 nitrogen and oxygen atoms in total. The van der Waals surface area contributed by atoms with Gasteiger partial charge in [-0.25, -0.2) is 4.98 Å². The van der Waals surface area contributed by atoms with E-state index in [-0.39, 0.29) is 0 Å². The molecule has 1 aliphatic heterocycles. The molecule has 0 radical (unpaired) electrons. The summed E-state index contributed by atoms with van der Waals surface area (Å²) in [5.41, 5.74) is 2.96. The lowest BCUT2D eigenvalue weighted by molar-refractivity contribution is 0.219. The van der Waals surface area contributed by atoms with Gasteiger partial charge in [0.15, 0.2) is 11.5 Å². The zero-order valence-electron chi connectivity index (χ0n) is 12.4. The van der Waals surface area contributed by atoms with E-state index in [2.05, 4.69) is 34.3 Å². The first kappa shape index (κ1) is 13.4. The Morgan fingerprint density at radius 2 is 2.15 bits per heavy atom. The van der Waals surface area contributed by atoms with Crippen LogP contribution in [0.4, 0.5) is 5.69 Å². The van der Waals surface area contributed by atoms with E-state index in [4.69, 9.17) is 4.42 Å². The Balaban J connectivity index is 1.62. The molecule has 108 valence electrons. The summed E-state index contributed by atoms with van der Waals surface area (Å²) >= 11 is 0. The Morgan fingerprint density at radius 1 is 1.35 bits per heavy atom. The second-order valence-electron chi connectivity index (χ2n) is 5.68. The van der Waals surface area contributed by atoms with Gasteiger partial charge >= 0.3 is 0 Å². The van der Waals surface area contributed by atoms with E-state index in [1.165, 1.54) is 38.9 Å². The number of hydrogen-bond acceptors (Lipinski definition) is 4. The summed E-state index contributed by atoms with van der Waals surface area (Å²) in [5.74, 6) is 0.727. The van der Waals surface area contributed by atoms with Crippen molar-refractivity contribution in [2.75, 3.05) is 25.0 Å². The molecule has 0 amide bonds. The lowest BCUT2D eigenvalue weighted by atomic mass is 10.0. The quantitative estimate of drug-likeness (QED) is 0.926. The number of likely N-dealkylation sites (tertiary alicyclic amines) is 1. The van der Waals surface area contributed by atoms with Crippen LogP contribution >= 0.6 is 0 Å². The third-order valence-electron chi connectivity index (χ3n) is 3.99. The smallest absolute Gasteiger partial charge is 0.192 e. The fourth-order valence-corrected chi connectivity index (χ4v) is 2.99. The molecular formula is C16H23N3O. The molecule has 1 aliphatic rings. The zero-order valence-corrected chi connectivity index (χ0v) is 12.4. The van der Waals surface area contributed by atoms with Crippen LogP contribution in [0.25, 0.3) is 11.1 Å². The summed E-state index contributed by atoms with van der Waals surface area (Å²) in [6.07, 6.45) is 3.69. The highest BCUT2D eigenvalue weighted by Gasteiger charge is 2.18. The number of anilines is 1. The van der Waals surface area contributed by atoms with Crippen molar-refractivity contribution in [2.45, 2.75) is 39.2 Å². The summed E-state index contributed by atoms with van der Waals surface area (Å²) < 4.78 is 5.51. The highest BCUT2D eigenvalue weighted by molar-refractivity contribution is 5.77. The van der Waals surface area contributed by atoms with E-state index in [1.807, 2.05) is 13.0 Å². The van der Waals surface area contributed by atoms with E-state index in [1.54, 1.807) is 0 Å². The van der Waals surface area contributed by atoms with E-state index in [0.717, 1.165) is 22.7 Å². The van der Waals surface area contributed by atoms with Crippen molar-refractivity contribution < 1.29 is 4.42 Å². The molecule has 0 spiro atoms. The maximum Gasteiger partial charge on any atom is 0.192 e. The molecule has 20 heavy (non-hydrogen) atoms. The fraction of sp³-hybridized carbons (Fsp3) is 0.562. The molecule has 4 heteroatoms. The highest BCUT2D eigenvalue weighted by Crippen LogP contribution is 2.22.